The summed E-state index contributed by atoms with van der Waals surface area (Å²) in [6.07, 6.45) is 3.22. The first-order valence-corrected chi connectivity index (χ1v) is 8.12. The van der Waals surface area contributed by atoms with Gasteiger partial charge in [0.15, 0.2) is 17.1 Å². The van der Waals surface area contributed by atoms with Crippen molar-refractivity contribution in [2.24, 2.45) is 0 Å². The number of hydrogen-bond donors (Lipinski definition) is 3. The molecule has 2 aromatic carbocycles. The van der Waals surface area contributed by atoms with Crippen molar-refractivity contribution < 1.29 is 10.2 Å². The fraction of sp³-hybridized carbons (Fsp3) is 0.105. The zero-order valence-electron chi connectivity index (χ0n) is 14.1. The van der Waals surface area contributed by atoms with Crippen LogP contribution in [0.3, 0.4) is 0 Å². The zero-order chi connectivity index (χ0) is 18.1. The van der Waals surface area contributed by atoms with Crippen LogP contribution in [0.25, 0.3) is 16.7 Å². The number of aromatic nitrogens is 4. The number of nitrogens with one attached hydrogen (secondary N) is 1. The van der Waals surface area contributed by atoms with Crippen LogP contribution in [0.1, 0.15) is 11.1 Å². The van der Waals surface area contributed by atoms with E-state index in [4.69, 9.17) is 0 Å². The first-order chi connectivity index (χ1) is 12.6. The van der Waals surface area contributed by atoms with Crippen LogP contribution in [-0.2, 0) is 6.54 Å². The Morgan fingerprint density at radius 2 is 1.92 bits per heavy atom. The van der Waals surface area contributed by atoms with Crippen molar-refractivity contribution in [1.82, 2.24) is 19.7 Å². The molecule has 4 aromatic rings. The second-order valence-electron chi connectivity index (χ2n) is 6.03. The van der Waals surface area contributed by atoms with Gasteiger partial charge >= 0.3 is 0 Å². The van der Waals surface area contributed by atoms with Crippen LogP contribution in [0.4, 0.5) is 5.82 Å². The van der Waals surface area contributed by atoms with E-state index >= 15 is 0 Å². The van der Waals surface area contributed by atoms with Crippen molar-refractivity contribution in [3.8, 4) is 17.2 Å². The number of hydrogen-bond acceptors (Lipinski definition) is 6. The molecule has 2 heterocycles. The second kappa shape index (κ2) is 6.36. The topological polar surface area (TPSA) is 96.1 Å². The average molecular weight is 347 g/mol. The van der Waals surface area contributed by atoms with Crippen molar-refractivity contribution in [1.29, 1.82) is 0 Å². The van der Waals surface area contributed by atoms with Crippen LogP contribution < -0.4 is 5.32 Å². The molecule has 2 aromatic heterocycles. The van der Waals surface area contributed by atoms with E-state index in [0.29, 0.717) is 18.0 Å². The van der Waals surface area contributed by atoms with E-state index in [1.54, 1.807) is 16.9 Å². The van der Waals surface area contributed by atoms with Crippen LogP contribution in [0, 0.1) is 6.92 Å². The summed E-state index contributed by atoms with van der Waals surface area (Å²) in [5, 5.41) is 27.5. The number of rotatable bonds is 4. The van der Waals surface area contributed by atoms with Gasteiger partial charge in [0.25, 0.3) is 0 Å². The molecule has 0 aliphatic rings. The Balaban J connectivity index is 1.65. The van der Waals surface area contributed by atoms with Crippen molar-refractivity contribution in [2.45, 2.75) is 13.5 Å². The Hall–Kier alpha value is -3.61. The van der Waals surface area contributed by atoms with Crippen LogP contribution >= 0.6 is 0 Å². The van der Waals surface area contributed by atoms with Crippen molar-refractivity contribution in [2.75, 3.05) is 5.32 Å². The van der Waals surface area contributed by atoms with Gasteiger partial charge in [-0.1, -0.05) is 18.2 Å². The van der Waals surface area contributed by atoms with Gasteiger partial charge in [-0.05, 0) is 42.3 Å². The minimum absolute atomic E-state index is 0.141. The summed E-state index contributed by atoms with van der Waals surface area (Å²) in [4.78, 5) is 8.66. The predicted octanol–water partition coefficient (Wildman–Crippen LogP) is 3.15. The van der Waals surface area contributed by atoms with Gasteiger partial charge in [0.2, 0.25) is 0 Å². The molecule has 0 atom stereocenters. The number of anilines is 1. The normalized spacial score (nSPS) is 11.0. The van der Waals surface area contributed by atoms with E-state index in [2.05, 4.69) is 20.4 Å². The average Bonchev–Trinajstić information content (AvgIpc) is 3.07. The van der Waals surface area contributed by atoms with Crippen LogP contribution in [-0.4, -0.2) is 30.0 Å². The van der Waals surface area contributed by atoms with Crippen molar-refractivity contribution in [3.63, 3.8) is 0 Å². The summed E-state index contributed by atoms with van der Waals surface area (Å²) in [6, 6.07) is 12.7. The molecule has 7 heteroatoms. The molecule has 4 rings (SSSR count). The smallest absolute Gasteiger partial charge is 0.168 e. The molecule has 130 valence electrons. The molecule has 0 fully saturated rings. The van der Waals surface area contributed by atoms with E-state index in [-0.39, 0.29) is 11.5 Å². The molecular weight excluding hydrogens is 330 g/mol. The fourth-order valence-corrected chi connectivity index (χ4v) is 2.80. The minimum atomic E-state index is -0.149. The van der Waals surface area contributed by atoms with Gasteiger partial charge in [0, 0.05) is 6.54 Å². The fourth-order valence-electron chi connectivity index (χ4n) is 2.80. The van der Waals surface area contributed by atoms with E-state index in [1.165, 1.54) is 18.5 Å². The summed E-state index contributed by atoms with van der Waals surface area (Å²) in [5.41, 5.74) is 3.61. The highest BCUT2D eigenvalue weighted by Gasteiger charge is 2.11. The number of benzene rings is 2. The van der Waals surface area contributed by atoms with E-state index < -0.39 is 0 Å². The number of nitrogens with zero attached hydrogens (tertiary/aromatic N) is 4. The van der Waals surface area contributed by atoms with Gasteiger partial charge in [0.1, 0.15) is 12.1 Å². The third-order valence-electron chi connectivity index (χ3n) is 4.11. The lowest BCUT2D eigenvalue weighted by molar-refractivity contribution is 0.403. The summed E-state index contributed by atoms with van der Waals surface area (Å²) in [7, 11) is 0. The highest BCUT2D eigenvalue weighted by Crippen LogP contribution is 2.26. The Bertz CT molecular complexity index is 1090. The Morgan fingerprint density at radius 3 is 2.73 bits per heavy atom. The molecule has 0 amide bonds. The van der Waals surface area contributed by atoms with Crippen LogP contribution in [0.5, 0.6) is 11.5 Å². The molecular formula is C19H17N5O2. The standard InChI is InChI=1S/C19H17N5O2/c1-12-3-2-4-14(7-12)24-19-15(10-23-24)18(21-11-22-19)20-9-13-5-6-16(25)17(26)8-13/h2-8,10-11,25-26H,9H2,1H3,(H,20,21,22). The van der Waals surface area contributed by atoms with Gasteiger partial charge in [-0.25, -0.2) is 14.6 Å². The van der Waals surface area contributed by atoms with Gasteiger partial charge < -0.3 is 15.5 Å². The SMILES string of the molecule is Cc1cccc(-n2ncc3c(NCc4ccc(O)c(O)c4)ncnc32)c1. The molecule has 3 N–H and O–H groups in total. The van der Waals surface area contributed by atoms with E-state index in [1.807, 2.05) is 31.2 Å². The Kier molecular flexibility index (Phi) is 3.89. The molecule has 0 spiro atoms. The van der Waals surface area contributed by atoms with E-state index in [0.717, 1.165) is 22.2 Å². The van der Waals surface area contributed by atoms with Crippen molar-refractivity contribution >= 4 is 16.9 Å². The quantitative estimate of drug-likeness (QED) is 0.491. The highest BCUT2D eigenvalue weighted by atomic mass is 16.3. The lowest BCUT2D eigenvalue weighted by Gasteiger charge is -2.08. The van der Waals surface area contributed by atoms with Crippen molar-refractivity contribution in [3.05, 3.63) is 66.1 Å². The number of aryl methyl sites for hydroxylation is 1. The molecule has 0 bridgehead atoms. The molecule has 0 saturated heterocycles. The first kappa shape index (κ1) is 15.9. The maximum atomic E-state index is 9.60. The van der Waals surface area contributed by atoms with Gasteiger partial charge in [0.05, 0.1) is 17.3 Å². The third kappa shape index (κ3) is 2.90. The number of phenols is 2. The molecule has 0 aliphatic carbocycles. The monoisotopic (exact) mass is 347 g/mol. The first-order valence-electron chi connectivity index (χ1n) is 8.12. The second-order valence-corrected chi connectivity index (χ2v) is 6.03. The third-order valence-corrected chi connectivity index (χ3v) is 4.11. The molecule has 7 nitrogen and oxygen atoms in total. The van der Waals surface area contributed by atoms with E-state index in [9.17, 15) is 10.2 Å². The van der Waals surface area contributed by atoms with Gasteiger partial charge in [-0.3, -0.25) is 0 Å². The van der Waals surface area contributed by atoms with Gasteiger partial charge in [-0.2, -0.15) is 5.10 Å². The number of phenolic OH excluding ortho intramolecular Hbond substituents is 2. The Labute approximate surface area is 149 Å². The van der Waals surface area contributed by atoms with Crippen LogP contribution in [0.2, 0.25) is 0 Å². The molecule has 0 saturated carbocycles. The molecule has 0 radical (unpaired) electrons. The maximum absolute atomic E-state index is 9.60. The summed E-state index contributed by atoms with van der Waals surface area (Å²) in [6.45, 7) is 2.47. The lowest BCUT2D eigenvalue weighted by atomic mass is 10.2. The summed E-state index contributed by atoms with van der Waals surface area (Å²) in [5.74, 6) is 0.364. The zero-order valence-corrected chi connectivity index (χ0v) is 14.1. The predicted molar refractivity (Wildman–Crippen MR) is 98.5 cm³/mol. The molecule has 0 unspecified atom stereocenters. The van der Waals surface area contributed by atoms with Gasteiger partial charge in [-0.15, -0.1) is 0 Å². The summed E-state index contributed by atoms with van der Waals surface area (Å²) >= 11 is 0. The minimum Gasteiger partial charge on any atom is -0.504 e. The largest absolute Gasteiger partial charge is 0.504 e. The highest BCUT2D eigenvalue weighted by molar-refractivity contribution is 5.87. The number of aromatic hydroxyl groups is 2. The lowest BCUT2D eigenvalue weighted by Crippen LogP contribution is -2.03. The van der Waals surface area contributed by atoms with Crippen LogP contribution in [0.15, 0.2) is 55.0 Å². The Morgan fingerprint density at radius 1 is 1.04 bits per heavy atom. The molecule has 26 heavy (non-hydrogen) atoms. The maximum Gasteiger partial charge on any atom is 0.168 e. The summed E-state index contributed by atoms with van der Waals surface area (Å²) < 4.78 is 1.78. The number of fused-ring (bicyclic) bond motifs is 1. The molecule has 0 aliphatic heterocycles.